The van der Waals surface area contributed by atoms with Gasteiger partial charge in [0.25, 0.3) is 0 Å². The van der Waals surface area contributed by atoms with Crippen LogP contribution in [0.1, 0.15) is 16.0 Å². The van der Waals surface area contributed by atoms with Gasteiger partial charge in [0.15, 0.2) is 46.6 Å². The minimum Gasteiger partial charge on any atom is -0.455 e. The lowest BCUT2D eigenvalue weighted by Gasteiger charge is -2.10. The number of nitrogens with one attached hydrogen (secondary N) is 1. The van der Waals surface area contributed by atoms with Crippen LogP contribution in [0.5, 0.6) is 0 Å². The second-order valence-electron chi connectivity index (χ2n) is 27.5. The van der Waals surface area contributed by atoms with Crippen molar-refractivity contribution in [3.05, 3.63) is 362 Å². The molecule has 0 aliphatic heterocycles. The normalized spacial score (nSPS) is 11.8. The number of furan rings is 2. The van der Waals surface area contributed by atoms with Crippen LogP contribution in [-0.4, -0.2) is 51.4 Å². The van der Waals surface area contributed by atoms with Crippen LogP contribution in [-0.2, 0) is 0 Å². The highest BCUT2D eigenvalue weighted by atomic mass is 32.1. The predicted octanol–water partition coefficient (Wildman–Crippen LogP) is 25.4. The van der Waals surface area contributed by atoms with E-state index in [1.54, 1.807) is 22.7 Å². The Hall–Kier alpha value is -14.7. The van der Waals surface area contributed by atoms with Crippen LogP contribution in [0, 0.1) is 5.41 Å². The fourth-order valence-corrected chi connectivity index (χ4v) is 17.3. The SMILES string of the molecule is N=C(/N=C(/c1cccc(-c2cccc3c2oc2cc(-c4nc(-c5ccccc5)nc(-c5ccccc5)n4)ccc23)c1)c1cc2ccccc2s1)c1ccc(-c2ccc3sc4c(-c5cccc(-c6cccc7oc8c(-c9nc(-c%10ccccc%10)nc(-c%10ccccc%10)n9)cccc8c67)c5)nc(-c5ccccc5)nc4c3c2)cc1. The molecule has 0 aliphatic carbocycles. The second kappa shape index (κ2) is 27.5. The van der Waals surface area contributed by atoms with E-state index in [0.717, 1.165) is 157 Å². The molecule has 21 aromatic rings. The summed E-state index contributed by atoms with van der Waals surface area (Å²) in [5.74, 6) is 4.19. The number of rotatable bonds is 14. The highest BCUT2D eigenvalue weighted by Crippen LogP contribution is 2.46. The van der Waals surface area contributed by atoms with Crippen molar-refractivity contribution in [3.8, 4) is 124 Å². The van der Waals surface area contributed by atoms with Crippen LogP contribution >= 0.6 is 22.7 Å². The minimum absolute atomic E-state index is 0.140. The Kier molecular flexibility index (Phi) is 16.1. The average molecular weight is 1470 g/mol. The Balaban J connectivity index is 0.608. The standard InChI is InChI=1S/C98H58N10O2S2/c99-91(100-85(83-57-68-33-16-17-44-81(68)111-83)69-36-19-35-67(54-69)73-39-20-40-75-74-51-49-71(56-80(74)110-88(73)75)97-105-93(61-25-8-2-9-26-61)103-94(106-97)62-27-10-3-11-28-62)59-47-45-58(46-48-59)65-50-52-82-78(55-65)87-90(112-82)86(101-92(102-87)60-23-6-1-7-24-60)70-37-18-34-66(53-70)72-38-22-43-79-84(72)76-41-21-42-77(89(76)109-79)98-107-95(63-29-12-4-13-30-63)104-96(108-98)64-31-14-5-15-32-64/h1-57,99H/b99-91?,100-85-. The molecule has 0 saturated heterocycles. The molecule has 7 aromatic heterocycles. The van der Waals surface area contributed by atoms with E-state index in [9.17, 15) is 5.41 Å². The number of fused-ring (bicyclic) bond motifs is 10. The quantitative estimate of drug-likeness (QED) is 0.0818. The molecular weight excluding hydrogens is 1410 g/mol. The van der Waals surface area contributed by atoms with Crippen LogP contribution < -0.4 is 0 Å². The number of hydrogen-bond acceptors (Lipinski definition) is 13. The van der Waals surface area contributed by atoms with Crippen molar-refractivity contribution in [1.29, 1.82) is 5.41 Å². The molecule has 0 unspecified atom stereocenters. The number of amidine groups is 1. The lowest BCUT2D eigenvalue weighted by atomic mass is 9.96. The first kappa shape index (κ1) is 65.6. The predicted molar refractivity (Wildman–Crippen MR) is 457 cm³/mol. The summed E-state index contributed by atoms with van der Waals surface area (Å²) >= 11 is 3.36. The molecule has 0 atom stereocenters. The largest absolute Gasteiger partial charge is 0.455 e. The van der Waals surface area contributed by atoms with Gasteiger partial charge in [0.2, 0.25) is 0 Å². The number of benzene rings is 14. The molecule has 524 valence electrons. The van der Waals surface area contributed by atoms with Crippen LogP contribution in [0.15, 0.2) is 360 Å². The van der Waals surface area contributed by atoms with Gasteiger partial charge < -0.3 is 8.83 Å². The van der Waals surface area contributed by atoms with Crippen LogP contribution in [0.4, 0.5) is 0 Å². The zero-order valence-corrected chi connectivity index (χ0v) is 61.2. The topological polar surface area (TPSA) is 166 Å². The summed E-state index contributed by atoms with van der Waals surface area (Å²) in [6.07, 6.45) is 0. The molecule has 7 heterocycles. The van der Waals surface area contributed by atoms with E-state index in [2.05, 4.69) is 176 Å². The number of thiophene rings is 2. The van der Waals surface area contributed by atoms with E-state index in [1.165, 1.54) is 0 Å². The number of aromatic nitrogens is 8. The van der Waals surface area contributed by atoms with Crippen molar-refractivity contribution in [2.75, 3.05) is 0 Å². The molecule has 14 aromatic carbocycles. The van der Waals surface area contributed by atoms with Gasteiger partial charge in [-0.2, -0.15) is 0 Å². The smallest absolute Gasteiger partial charge is 0.167 e. The van der Waals surface area contributed by atoms with Crippen LogP contribution in [0.3, 0.4) is 0 Å². The molecule has 0 spiro atoms. The lowest BCUT2D eigenvalue weighted by Crippen LogP contribution is -2.06. The van der Waals surface area contributed by atoms with Crippen molar-refractivity contribution in [2.24, 2.45) is 4.99 Å². The monoisotopic (exact) mass is 1470 g/mol. The summed E-state index contributed by atoms with van der Waals surface area (Å²) in [4.78, 5) is 47.2. The van der Waals surface area contributed by atoms with Gasteiger partial charge in [0.05, 0.1) is 32.1 Å². The molecule has 0 amide bonds. The maximum absolute atomic E-state index is 9.79. The first-order valence-electron chi connectivity index (χ1n) is 36.8. The Labute approximate surface area is 649 Å². The molecular formula is C98H58N10O2S2. The summed E-state index contributed by atoms with van der Waals surface area (Å²) < 4.78 is 17.0. The minimum atomic E-state index is 0.140. The Morgan fingerprint density at radius 1 is 0.286 bits per heavy atom. The van der Waals surface area contributed by atoms with Gasteiger partial charge in [-0.1, -0.05) is 285 Å². The summed E-state index contributed by atoms with van der Waals surface area (Å²) in [6.45, 7) is 0. The van der Waals surface area contributed by atoms with Gasteiger partial charge in [-0.05, 0) is 93.9 Å². The van der Waals surface area contributed by atoms with Crippen molar-refractivity contribution in [2.45, 2.75) is 0 Å². The molecule has 0 saturated carbocycles. The molecule has 0 aliphatic rings. The molecule has 1 N–H and O–H groups in total. The molecule has 14 heteroatoms. The molecule has 0 bridgehead atoms. The zero-order valence-electron chi connectivity index (χ0n) is 59.6. The zero-order chi connectivity index (χ0) is 74.2. The molecule has 112 heavy (non-hydrogen) atoms. The first-order chi connectivity index (χ1) is 55.4. The second-order valence-corrected chi connectivity index (χ2v) is 29.6. The van der Waals surface area contributed by atoms with Crippen LogP contribution in [0.25, 0.3) is 199 Å². The van der Waals surface area contributed by atoms with Gasteiger partial charge in [-0.25, -0.2) is 44.9 Å². The third-order valence-corrected chi connectivity index (χ3v) is 22.8. The van der Waals surface area contributed by atoms with Gasteiger partial charge in [0.1, 0.15) is 22.3 Å². The third kappa shape index (κ3) is 12.0. The number of hydrogen-bond donors (Lipinski definition) is 1. The molecule has 21 rings (SSSR count). The summed E-state index contributed by atoms with van der Waals surface area (Å²) in [5, 5.41) is 15.8. The third-order valence-electron chi connectivity index (χ3n) is 20.5. The summed E-state index contributed by atoms with van der Waals surface area (Å²) in [7, 11) is 0. The molecule has 0 radical (unpaired) electrons. The van der Waals surface area contributed by atoms with E-state index in [-0.39, 0.29) is 5.84 Å². The van der Waals surface area contributed by atoms with Crippen LogP contribution in [0.2, 0.25) is 0 Å². The van der Waals surface area contributed by atoms with Gasteiger partial charge in [-0.3, -0.25) is 5.41 Å². The highest BCUT2D eigenvalue weighted by Gasteiger charge is 2.25. The number of para-hydroxylation sites is 2. The summed E-state index contributed by atoms with van der Waals surface area (Å²) in [6, 6.07) is 118. The number of aliphatic imine (C=N–C) groups is 1. The Morgan fingerprint density at radius 3 is 1.44 bits per heavy atom. The van der Waals surface area contributed by atoms with E-state index in [4.69, 9.17) is 53.7 Å². The van der Waals surface area contributed by atoms with Crippen molar-refractivity contribution >= 4 is 108 Å². The van der Waals surface area contributed by atoms with E-state index >= 15 is 0 Å². The fourth-order valence-electron chi connectivity index (χ4n) is 15.1. The van der Waals surface area contributed by atoms with E-state index in [1.807, 2.05) is 170 Å². The fraction of sp³-hybridized carbons (Fsp3) is 0. The van der Waals surface area contributed by atoms with E-state index < -0.39 is 0 Å². The lowest BCUT2D eigenvalue weighted by molar-refractivity contribution is 0.669. The van der Waals surface area contributed by atoms with Gasteiger partial charge in [-0.15, -0.1) is 22.7 Å². The average Bonchev–Trinajstić information content (AvgIpc) is 1.56. The summed E-state index contributed by atoms with van der Waals surface area (Å²) in [5.41, 5.74) is 19.9. The van der Waals surface area contributed by atoms with Gasteiger partial charge >= 0.3 is 0 Å². The van der Waals surface area contributed by atoms with Crippen molar-refractivity contribution in [1.82, 2.24) is 39.9 Å². The highest BCUT2D eigenvalue weighted by molar-refractivity contribution is 7.26. The number of nitrogens with zero attached hydrogens (tertiary/aromatic N) is 9. The maximum atomic E-state index is 9.79. The maximum Gasteiger partial charge on any atom is 0.167 e. The Bertz CT molecular complexity index is 7180. The van der Waals surface area contributed by atoms with E-state index in [0.29, 0.717) is 63.2 Å². The molecule has 12 nitrogen and oxygen atoms in total. The first-order valence-corrected chi connectivity index (χ1v) is 38.4. The molecule has 0 fully saturated rings. The van der Waals surface area contributed by atoms with Crippen molar-refractivity contribution < 1.29 is 8.83 Å². The van der Waals surface area contributed by atoms with Gasteiger partial charge in [0, 0.05) is 92.0 Å². The Morgan fingerprint density at radius 2 is 0.786 bits per heavy atom. The van der Waals surface area contributed by atoms with Crippen molar-refractivity contribution in [3.63, 3.8) is 0 Å².